The van der Waals surface area contributed by atoms with Gasteiger partial charge in [0.2, 0.25) is 0 Å². The molecular weight excluding hydrogens is 419 g/mol. The van der Waals surface area contributed by atoms with Crippen LogP contribution in [0.1, 0.15) is 24.2 Å². The highest BCUT2D eigenvalue weighted by Gasteiger charge is 2.29. The van der Waals surface area contributed by atoms with E-state index in [0.717, 1.165) is 0 Å². The molecule has 0 aromatic heterocycles. The molecule has 0 aliphatic rings. The van der Waals surface area contributed by atoms with Crippen molar-refractivity contribution in [2.24, 2.45) is 5.92 Å². The van der Waals surface area contributed by atoms with Crippen molar-refractivity contribution in [3.63, 3.8) is 0 Å². The van der Waals surface area contributed by atoms with Gasteiger partial charge in [0.15, 0.2) is 6.61 Å². The molecule has 29 heavy (non-hydrogen) atoms. The molecule has 0 fully saturated rings. The number of halogens is 4. The van der Waals surface area contributed by atoms with Gasteiger partial charge in [-0.15, -0.1) is 0 Å². The first-order chi connectivity index (χ1) is 13.4. The lowest BCUT2D eigenvalue weighted by molar-refractivity contribution is -0.151. The third-order valence-electron chi connectivity index (χ3n) is 3.37. The van der Waals surface area contributed by atoms with E-state index in [1.54, 1.807) is 31.3 Å². The van der Waals surface area contributed by atoms with Crippen LogP contribution in [0.5, 0.6) is 0 Å². The second-order valence-electron chi connectivity index (χ2n) is 6.13. The molecule has 1 aromatic carbocycles. The molecular formula is C17H19ClF3N3O5. The minimum Gasteiger partial charge on any atom is -0.454 e. The van der Waals surface area contributed by atoms with Gasteiger partial charge in [-0.25, -0.2) is 9.59 Å². The van der Waals surface area contributed by atoms with Gasteiger partial charge < -0.3 is 15.4 Å². The molecule has 1 rings (SSSR count). The predicted octanol–water partition coefficient (Wildman–Crippen LogP) is 2.03. The SMILES string of the molecule is CC(C)[C@H](NC(=O)c1ccccc1Cl)C(=O)OCC(=O)NC(=O)NCC(F)(F)F. The van der Waals surface area contributed by atoms with Gasteiger partial charge in [-0.3, -0.25) is 14.9 Å². The fourth-order valence-corrected chi connectivity index (χ4v) is 2.20. The van der Waals surface area contributed by atoms with E-state index >= 15 is 0 Å². The van der Waals surface area contributed by atoms with Crippen LogP contribution < -0.4 is 16.0 Å². The number of benzene rings is 1. The number of urea groups is 1. The van der Waals surface area contributed by atoms with E-state index in [4.69, 9.17) is 16.3 Å². The molecule has 12 heteroatoms. The Labute approximate surface area is 169 Å². The Morgan fingerprint density at radius 3 is 2.31 bits per heavy atom. The Kier molecular flexibility index (Phi) is 8.89. The van der Waals surface area contributed by atoms with Gasteiger partial charge in [0.25, 0.3) is 11.8 Å². The number of ether oxygens (including phenoxy) is 1. The second-order valence-corrected chi connectivity index (χ2v) is 6.54. The van der Waals surface area contributed by atoms with E-state index in [2.05, 4.69) is 5.32 Å². The van der Waals surface area contributed by atoms with Crippen LogP contribution in [-0.4, -0.2) is 49.2 Å². The number of rotatable bonds is 7. The highest BCUT2D eigenvalue weighted by Crippen LogP contribution is 2.16. The summed E-state index contributed by atoms with van der Waals surface area (Å²) in [6.07, 6.45) is -4.64. The molecule has 160 valence electrons. The molecule has 0 heterocycles. The van der Waals surface area contributed by atoms with Crippen molar-refractivity contribution in [3.05, 3.63) is 34.9 Å². The average Bonchev–Trinajstić information content (AvgIpc) is 2.62. The summed E-state index contributed by atoms with van der Waals surface area (Å²) >= 11 is 5.93. The molecule has 1 aromatic rings. The molecule has 0 radical (unpaired) electrons. The monoisotopic (exact) mass is 437 g/mol. The Hall–Kier alpha value is -2.82. The molecule has 0 bridgehead atoms. The van der Waals surface area contributed by atoms with E-state index in [0.29, 0.717) is 0 Å². The zero-order chi connectivity index (χ0) is 22.2. The number of amides is 4. The van der Waals surface area contributed by atoms with Gasteiger partial charge in [0, 0.05) is 0 Å². The summed E-state index contributed by atoms with van der Waals surface area (Å²) in [5.41, 5.74) is 0.131. The number of esters is 1. The van der Waals surface area contributed by atoms with Gasteiger partial charge in [-0.05, 0) is 18.1 Å². The van der Waals surface area contributed by atoms with Crippen LogP contribution in [0.15, 0.2) is 24.3 Å². The van der Waals surface area contributed by atoms with Gasteiger partial charge >= 0.3 is 18.2 Å². The topological polar surface area (TPSA) is 114 Å². The number of carbonyl (C=O) groups is 4. The number of hydrogen-bond acceptors (Lipinski definition) is 5. The van der Waals surface area contributed by atoms with E-state index in [-0.39, 0.29) is 10.6 Å². The molecule has 0 aliphatic carbocycles. The predicted molar refractivity (Wildman–Crippen MR) is 96.1 cm³/mol. The van der Waals surface area contributed by atoms with Gasteiger partial charge in [0.05, 0.1) is 10.6 Å². The van der Waals surface area contributed by atoms with E-state index in [1.807, 2.05) is 0 Å². The first-order valence-corrected chi connectivity index (χ1v) is 8.65. The van der Waals surface area contributed by atoms with Crippen LogP contribution in [-0.2, 0) is 14.3 Å². The normalized spacial score (nSPS) is 12.1. The van der Waals surface area contributed by atoms with E-state index in [1.165, 1.54) is 17.4 Å². The Morgan fingerprint density at radius 2 is 1.76 bits per heavy atom. The average molecular weight is 438 g/mol. The van der Waals surface area contributed by atoms with Crippen molar-refractivity contribution in [1.82, 2.24) is 16.0 Å². The van der Waals surface area contributed by atoms with Gasteiger partial charge in [-0.1, -0.05) is 37.6 Å². The van der Waals surface area contributed by atoms with Crippen molar-refractivity contribution in [1.29, 1.82) is 0 Å². The number of imide groups is 1. The zero-order valence-electron chi connectivity index (χ0n) is 15.4. The van der Waals surface area contributed by atoms with Crippen molar-refractivity contribution >= 4 is 35.4 Å². The number of alkyl halides is 3. The summed E-state index contributed by atoms with van der Waals surface area (Å²) in [5.74, 6) is -3.17. The lowest BCUT2D eigenvalue weighted by atomic mass is 10.0. The van der Waals surface area contributed by atoms with Crippen LogP contribution in [0.2, 0.25) is 5.02 Å². The zero-order valence-corrected chi connectivity index (χ0v) is 16.2. The number of nitrogens with one attached hydrogen (secondary N) is 3. The molecule has 0 saturated heterocycles. The van der Waals surface area contributed by atoms with Crippen molar-refractivity contribution in [2.75, 3.05) is 13.2 Å². The number of carbonyl (C=O) groups excluding carboxylic acids is 4. The van der Waals surface area contributed by atoms with Crippen LogP contribution >= 0.6 is 11.6 Å². The Bertz CT molecular complexity index is 771. The van der Waals surface area contributed by atoms with Crippen molar-refractivity contribution < 1.29 is 37.1 Å². The maximum atomic E-state index is 12.3. The highest BCUT2D eigenvalue weighted by atomic mass is 35.5. The van der Waals surface area contributed by atoms with E-state index < -0.39 is 55.1 Å². The first kappa shape index (κ1) is 24.2. The fraction of sp³-hybridized carbons (Fsp3) is 0.412. The molecule has 0 saturated carbocycles. The molecule has 4 amide bonds. The van der Waals surface area contributed by atoms with Crippen LogP contribution in [0.4, 0.5) is 18.0 Å². The smallest absolute Gasteiger partial charge is 0.405 e. The molecule has 3 N–H and O–H groups in total. The van der Waals surface area contributed by atoms with Crippen LogP contribution in [0.3, 0.4) is 0 Å². The van der Waals surface area contributed by atoms with Crippen molar-refractivity contribution in [3.8, 4) is 0 Å². The van der Waals surface area contributed by atoms with Gasteiger partial charge in [0.1, 0.15) is 12.6 Å². The Morgan fingerprint density at radius 1 is 1.14 bits per heavy atom. The highest BCUT2D eigenvalue weighted by molar-refractivity contribution is 6.33. The minimum atomic E-state index is -4.64. The van der Waals surface area contributed by atoms with Gasteiger partial charge in [-0.2, -0.15) is 13.2 Å². The summed E-state index contributed by atoms with van der Waals surface area (Å²) in [4.78, 5) is 47.2. The summed E-state index contributed by atoms with van der Waals surface area (Å²) in [6.45, 7) is 0.672. The lowest BCUT2D eigenvalue weighted by Crippen LogP contribution is -2.47. The first-order valence-electron chi connectivity index (χ1n) is 8.27. The summed E-state index contributed by atoms with van der Waals surface area (Å²) in [5, 5.41) is 5.62. The molecule has 0 spiro atoms. The minimum absolute atomic E-state index is 0.131. The maximum Gasteiger partial charge on any atom is 0.405 e. The standard InChI is InChI=1S/C17H19ClF3N3O5/c1-9(2)13(24-14(26)10-5-3-4-6-11(10)18)15(27)29-7-12(25)23-16(28)22-8-17(19,20)21/h3-6,9,13H,7-8H2,1-2H3,(H,24,26)(H2,22,23,25,28)/t13-/m0/s1. The summed E-state index contributed by atoms with van der Waals surface area (Å²) in [7, 11) is 0. The van der Waals surface area contributed by atoms with Crippen molar-refractivity contribution in [2.45, 2.75) is 26.1 Å². The summed E-state index contributed by atoms with van der Waals surface area (Å²) < 4.78 is 40.7. The second kappa shape index (κ2) is 10.6. The van der Waals surface area contributed by atoms with Crippen LogP contribution in [0.25, 0.3) is 0 Å². The van der Waals surface area contributed by atoms with E-state index in [9.17, 15) is 32.3 Å². The third kappa shape index (κ3) is 8.81. The fourth-order valence-electron chi connectivity index (χ4n) is 1.98. The maximum absolute atomic E-state index is 12.3. The largest absolute Gasteiger partial charge is 0.454 e. The number of hydrogen-bond donors (Lipinski definition) is 3. The Balaban J connectivity index is 2.58. The molecule has 8 nitrogen and oxygen atoms in total. The lowest BCUT2D eigenvalue weighted by Gasteiger charge is -2.21. The quantitative estimate of drug-likeness (QED) is 0.565. The molecule has 1 atom stereocenters. The molecule has 0 unspecified atom stereocenters. The van der Waals surface area contributed by atoms with Crippen LogP contribution in [0, 0.1) is 5.92 Å². The summed E-state index contributed by atoms with van der Waals surface area (Å²) in [6, 6.07) is 3.62. The third-order valence-corrected chi connectivity index (χ3v) is 3.70. The molecule has 0 aliphatic heterocycles.